The molecule has 1 amide bonds. The normalized spacial score (nSPS) is 14.9. The Morgan fingerprint density at radius 2 is 1.80 bits per heavy atom. The molecule has 0 unspecified atom stereocenters. The summed E-state index contributed by atoms with van der Waals surface area (Å²) in [6, 6.07) is 14.5. The van der Waals surface area contributed by atoms with Gasteiger partial charge in [-0.3, -0.25) is 9.35 Å². The van der Waals surface area contributed by atoms with Crippen LogP contribution in [0.4, 0.5) is 11.4 Å². The third-order valence-corrected chi connectivity index (χ3v) is 5.68. The molecule has 1 fully saturated rings. The largest absolute Gasteiger partial charge is 0.373 e. The summed E-state index contributed by atoms with van der Waals surface area (Å²) in [5.74, 6) is -0.602. The Kier molecular flexibility index (Phi) is 6.62. The van der Waals surface area contributed by atoms with Crippen LogP contribution in [0.5, 0.6) is 0 Å². The molecule has 0 aliphatic carbocycles. The molecule has 1 saturated heterocycles. The van der Waals surface area contributed by atoms with Crippen molar-refractivity contribution in [1.29, 1.82) is 5.26 Å². The number of rotatable bonds is 5. The summed E-state index contributed by atoms with van der Waals surface area (Å²) >= 11 is 6.04. The summed E-state index contributed by atoms with van der Waals surface area (Å²) in [6.45, 7) is 2.70. The van der Waals surface area contributed by atoms with Gasteiger partial charge in [0, 0.05) is 48.8 Å². The van der Waals surface area contributed by atoms with Gasteiger partial charge in [-0.15, -0.1) is 0 Å². The van der Waals surface area contributed by atoms with E-state index in [9.17, 15) is 18.5 Å². The summed E-state index contributed by atoms with van der Waals surface area (Å²) in [5, 5.41) is 12.6. The van der Waals surface area contributed by atoms with Gasteiger partial charge in [-0.05, 0) is 42.5 Å². The summed E-state index contributed by atoms with van der Waals surface area (Å²) in [7, 11) is -4.31. The number of carbonyl (C=O) groups is 1. The van der Waals surface area contributed by atoms with Gasteiger partial charge < -0.3 is 15.1 Å². The smallest absolute Gasteiger partial charge is 0.294 e. The van der Waals surface area contributed by atoms with E-state index in [2.05, 4.69) is 10.2 Å². The number of nitriles is 1. The van der Waals surface area contributed by atoms with Gasteiger partial charge in [0.2, 0.25) is 0 Å². The highest BCUT2D eigenvalue weighted by molar-refractivity contribution is 7.85. The third-order valence-electron chi connectivity index (χ3n) is 4.57. The molecule has 8 nitrogen and oxygen atoms in total. The van der Waals surface area contributed by atoms with Gasteiger partial charge in [-0.1, -0.05) is 17.7 Å². The van der Waals surface area contributed by atoms with Gasteiger partial charge in [0.05, 0.1) is 4.90 Å². The fraction of sp³-hybridized carbons (Fsp3) is 0.200. The van der Waals surface area contributed by atoms with Crippen LogP contribution in [0.3, 0.4) is 0 Å². The molecule has 1 aliphatic rings. The van der Waals surface area contributed by atoms with Crippen molar-refractivity contribution in [3.05, 3.63) is 65.3 Å². The quantitative estimate of drug-likeness (QED) is 0.412. The molecule has 2 N–H and O–H groups in total. The number of nitrogens with zero attached hydrogens (tertiary/aromatic N) is 3. The van der Waals surface area contributed by atoms with Crippen LogP contribution in [-0.4, -0.2) is 50.0 Å². The van der Waals surface area contributed by atoms with Gasteiger partial charge in [-0.2, -0.15) is 13.7 Å². The Morgan fingerprint density at radius 3 is 2.37 bits per heavy atom. The fourth-order valence-corrected chi connectivity index (χ4v) is 3.68. The molecule has 30 heavy (non-hydrogen) atoms. The lowest BCUT2D eigenvalue weighted by Gasteiger charge is -2.35. The first-order chi connectivity index (χ1) is 14.3. The zero-order valence-electron chi connectivity index (χ0n) is 15.8. The van der Waals surface area contributed by atoms with E-state index >= 15 is 0 Å². The van der Waals surface area contributed by atoms with Crippen LogP contribution in [0.1, 0.15) is 0 Å². The van der Waals surface area contributed by atoms with Crippen LogP contribution in [0.15, 0.2) is 65.2 Å². The number of piperazine rings is 1. The molecule has 3 rings (SSSR count). The molecule has 2 aromatic carbocycles. The highest BCUT2D eigenvalue weighted by Gasteiger charge is 2.18. The molecule has 1 aliphatic heterocycles. The first-order valence-corrected chi connectivity index (χ1v) is 10.8. The van der Waals surface area contributed by atoms with Gasteiger partial charge in [0.25, 0.3) is 16.0 Å². The van der Waals surface area contributed by atoms with Crippen LogP contribution in [0.25, 0.3) is 0 Å². The van der Waals surface area contributed by atoms with E-state index in [1.165, 1.54) is 18.3 Å². The molecule has 156 valence electrons. The van der Waals surface area contributed by atoms with Crippen LogP contribution in [0.2, 0.25) is 5.02 Å². The molecule has 0 atom stereocenters. The van der Waals surface area contributed by atoms with Gasteiger partial charge in [0.1, 0.15) is 11.6 Å². The van der Waals surface area contributed by atoms with Crippen LogP contribution >= 0.6 is 11.6 Å². The molecule has 0 aromatic heterocycles. The zero-order valence-corrected chi connectivity index (χ0v) is 17.4. The molecule has 0 bridgehead atoms. The maximum absolute atomic E-state index is 12.4. The number of hydrogen-bond acceptors (Lipinski definition) is 6. The molecule has 1 heterocycles. The standard InChI is InChI=1S/C20H19ClN4O4S/c21-16-2-1-3-18(12-16)25-10-8-24(9-11-25)14-15(13-22)20(26)23-17-4-6-19(7-5-17)30(27,28)29/h1-7,12,14H,8-11H2,(H,23,26)(H,27,28,29)/b15-14-. The molecule has 0 radical (unpaired) electrons. The Labute approximate surface area is 179 Å². The number of halogens is 1. The highest BCUT2D eigenvalue weighted by atomic mass is 35.5. The Bertz CT molecular complexity index is 1100. The molecule has 0 saturated carbocycles. The lowest BCUT2D eigenvalue weighted by molar-refractivity contribution is -0.112. The SMILES string of the molecule is N#C/C(=C/N1CCN(c2cccc(Cl)c2)CC1)C(=O)Nc1ccc(S(=O)(=O)O)cc1. The van der Waals surface area contributed by atoms with E-state index in [0.717, 1.165) is 17.8 Å². The number of carbonyl (C=O) groups excluding carboxylic acids is 1. The first kappa shape index (κ1) is 21.6. The van der Waals surface area contributed by atoms with E-state index in [-0.39, 0.29) is 10.5 Å². The monoisotopic (exact) mass is 446 g/mol. The Balaban J connectivity index is 1.61. The minimum Gasteiger partial charge on any atom is -0.373 e. The van der Waals surface area contributed by atoms with Crippen molar-refractivity contribution in [2.75, 3.05) is 36.4 Å². The van der Waals surface area contributed by atoms with Crippen molar-refractivity contribution in [3.8, 4) is 6.07 Å². The second-order valence-corrected chi connectivity index (χ2v) is 8.47. The van der Waals surface area contributed by atoms with Crippen molar-refractivity contribution in [2.45, 2.75) is 4.90 Å². The summed E-state index contributed by atoms with van der Waals surface area (Å²) in [6.07, 6.45) is 1.52. The number of hydrogen-bond donors (Lipinski definition) is 2. The number of amides is 1. The molecule has 0 spiro atoms. The van der Waals surface area contributed by atoms with Crippen LogP contribution in [-0.2, 0) is 14.9 Å². The predicted octanol–water partition coefficient (Wildman–Crippen LogP) is 2.75. The lowest BCUT2D eigenvalue weighted by Crippen LogP contribution is -2.44. The summed E-state index contributed by atoms with van der Waals surface area (Å²) in [4.78, 5) is 16.2. The number of anilines is 2. The molecular formula is C20H19ClN4O4S. The predicted molar refractivity (Wildman–Crippen MR) is 114 cm³/mol. The van der Waals surface area contributed by atoms with E-state index < -0.39 is 16.0 Å². The molecule has 10 heteroatoms. The summed E-state index contributed by atoms with van der Waals surface area (Å²) in [5.41, 5.74) is 1.27. The van der Waals surface area contributed by atoms with E-state index in [1.54, 1.807) is 0 Å². The second-order valence-electron chi connectivity index (χ2n) is 6.61. The number of nitrogens with one attached hydrogen (secondary N) is 1. The van der Waals surface area contributed by atoms with Gasteiger partial charge >= 0.3 is 0 Å². The van der Waals surface area contributed by atoms with Crippen molar-refractivity contribution < 1.29 is 17.8 Å². The molecule has 2 aromatic rings. The van der Waals surface area contributed by atoms with Crippen LogP contribution in [0, 0.1) is 11.3 Å². The van der Waals surface area contributed by atoms with Crippen molar-refractivity contribution in [1.82, 2.24) is 4.90 Å². The number of benzene rings is 2. The van der Waals surface area contributed by atoms with Crippen molar-refractivity contribution in [3.63, 3.8) is 0 Å². The van der Waals surface area contributed by atoms with E-state index in [4.69, 9.17) is 16.2 Å². The highest BCUT2D eigenvalue weighted by Crippen LogP contribution is 2.21. The maximum Gasteiger partial charge on any atom is 0.294 e. The second kappa shape index (κ2) is 9.17. The Hall–Kier alpha value is -3.06. The van der Waals surface area contributed by atoms with Gasteiger partial charge in [-0.25, -0.2) is 0 Å². The lowest BCUT2D eigenvalue weighted by atomic mass is 10.2. The summed E-state index contributed by atoms with van der Waals surface area (Å²) < 4.78 is 31.1. The average Bonchev–Trinajstić information content (AvgIpc) is 2.72. The van der Waals surface area contributed by atoms with E-state index in [1.807, 2.05) is 35.2 Å². The third kappa shape index (κ3) is 5.51. The minimum atomic E-state index is -4.31. The van der Waals surface area contributed by atoms with Crippen LogP contribution < -0.4 is 10.2 Å². The minimum absolute atomic E-state index is 0.0648. The van der Waals surface area contributed by atoms with Crippen molar-refractivity contribution >= 4 is 39.0 Å². The van der Waals surface area contributed by atoms with E-state index in [0.29, 0.717) is 36.9 Å². The fourth-order valence-electron chi connectivity index (χ4n) is 3.01. The zero-order chi connectivity index (χ0) is 21.7. The topological polar surface area (TPSA) is 114 Å². The maximum atomic E-state index is 12.4. The van der Waals surface area contributed by atoms with Gasteiger partial charge in [0.15, 0.2) is 0 Å². The molecular weight excluding hydrogens is 428 g/mol. The average molecular weight is 447 g/mol. The van der Waals surface area contributed by atoms with Crippen molar-refractivity contribution in [2.24, 2.45) is 0 Å². The first-order valence-electron chi connectivity index (χ1n) is 9.01. The Morgan fingerprint density at radius 1 is 1.13 bits per heavy atom.